The number of aryl methyl sites for hydroxylation is 1. The Kier molecular flexibility index (Phi) is 3.33. The number of carbonyl (C=O) groups is 1. The normalized spacial score (nSPS) is 15.5. The average molecular weight is 292 g/mol. The number of amides is 1. The molecule has 98 valence electrons. The highest BCUT2D eigenvalue weighted by atomic mass is 35.5. The van der Waals surface area contributed by atoms with Gasteiger partial charge in [-0.15, -0.1) is 0 Å². The van der Waals surface area contributed by atoms with Gasteiger partial charge in [-0.3, -0.25) is 4.79 Å². The van der Waals surface area contributed by atoms with Crippen molar-refractivity contribution in [2.24, 2.45) is 0 Å². The van der Waals surface area contributed by atoms with Gasteiger partial charge in [-0.2, -0.15) is 0 Å². The molecule has 1 amide bonds. The molecule has 1 N–H and O–H groups in total. The van der Waals surface area contributed by atoms with E-state index in [9.17, 15) is 17.6 Å². The molecule has 0 aromatic heterocycles. The average Bonchev–Trinajstić information content (AvgIpc) is 3.06. The van der Waals surface area contributed by atoms with Crippen LogP contribution < -0.4 is 4.72 Å². The molecular weight excluding hydrogens is 281 g/mol. The van der Waals surface area contributed by atoms with Crippen molar-refractivity contribution in [2.75, 3.05) is 0 Å². The number of hydrogen-bond donors (Lipinski definition) is 1. The zero-order chi connectivity index (χ0) is 13.5. The van der Waals surface area contributed by atoms with Crippen LogP contribution in [0.25, 0.3) is 0 Å². The van der Waals surface area contributed by atoms with E-state index in [1.807, 2.05) is 4.72 Å². The molecule has 0 bridgehead atoms. The standard InChI is InChI=1S/C11H11ClFNO3S/c1-6-4-10(13)8(5-9(6)12)11(15)14-18(16,17)7-2-3-7/h4-5,7H,2-3H2,1H3,(H,14,15). The fourth-order valence-corrected chi connectivity index (χ4v) is 2.92. The molecule has 2 rings (SSSR count). The summed E-state index contributed by atoms with van der Waals surface area (Å²) >= 11 is 5.78. The molecule has 1 aromatic carbocycles. The number of carbonyl (C=O) groups excluding carboxylic acids is 1. The molecule has 7 heteroatoms. The molecule has 1 aromatic rings. The van der Waals surface area contributed by atoms with Crippen molar-refractivity contribution in [1.82, 2.24) is 4.72 Å². The monoisotopic (exact) mass is 291 g/mol. The van der Waals surface area contributed by atoms with E-state index < -0.39 is 27.0 Å². The lowest BCUT2D eigenvalue weighted by atomic mass is 10.1. The molecular formula is C11H11ClFNO3S. The van der Waals surface area contributed by atoms with Gasteiger partial charge in [0.25, 0.3) is 5.91 Å². The largest absolute Gasteiger partial charge is 0.268 e. The molecule has 0 atom stereocenters. The first-order valence-corrected chi connectivity index (χ1v) is 7.25. The zero-order valence-electron chi connectivity index (χ0n) is 9.54. The summed E-state index contributed by atoms with van der Waals surface area (Å²) in [6.45, 7) is 1.59. The van der Waals surface area contributed by atoms with E-state index in [2.05, 4.69) is 0 Å². The van der Waals surface area contributed by atoms with Crippen LogP contribution in [0.5, 0.6) is 0 Å². The van der Waals surface area contributed by atoms with Gasteiger partial charge in [0, 0.05) is 5.02 Å². The summed E-state index contributed by atoms with van der Waals surface area (Å²) in [6, 6.07) is 2.23. The summed E-state index contributed by atoms with van der Waals surface area (Å²) < 4.78 is 38.5. The van der Waals surface area contributed by atoms with Gasteiger partial charge in [0.1, 0.15) is 5.82 Å². The summed E-state index contributed by atoms with van der Waals surface area (Å²) in [5, 5.41) is -0.323. The predicted molar refractivity (Wildman–Crippen MR) is 65.6 cm³/mol. The molecule has 0 spiro atoms. The number of nitrogens with one attached hydrogen (secondary N) is 1. The summed E-state index contributed by atoms with van der Waals surface area (Å²) in [5.41, 5.74) is 0.116. The summed E-state index contributed by atoms with van der Waals surface area (Å²) in [7, 11) is -3.68. The predicted octanol–water partition coefficient (Wildman–Crippen LogP) is 2.01. The topological polar surface area (TPSA) is 63.2 Å². The van der Waals surface area contributed by atoms with Crippen molar-refractivity contribution in [3.63, 3.8) is 0 Å². The third kappa shape index (κ3) is 2.64. The van der Waals surface area contributed by atoms with Crippen LogP contribution in [-0.4, -0.2) is 19.6 Å². The highest BCUT2D eigenvalue weighted by Crippen LogP contribution is 2.28. The third-order valence-corrected chi connectivity index (χ3v) is 4.92. The Hall–Kier alpha value is -1.14. The van der Waals surface area contributed by atoms with Crippen molar-refractivity contribution in [3.05, 3.63) is 34.1 Å². The van der Waals surface area contributed by atoms with Gasteiger partial charge >= 0.3 is 0 Å². The maximum Gasteiger partial charge on any atom is 0.267 e. The van der Waals surface area contributed by atoms with Crippen LogP contribution in [-0.2, 0) is 10.0 Å². The van der Waals surface area contributed by atoms with E-state index in [1.165, 1.54) is 0 Å². The van der Waals surface area contributed by atoms with Gasteiger partial charge in [0.15, 0.2) is 0 Å². The van der Waals surface area contributed by atoms with E-state index in [0.717, 1.165) is 12.1 Å². The lowest BCUT2D eigenvalue weighted by Crippen LogP contribution is -2.33. The van der Waals surface area contributed by atoms with Crippen LogP contribution >= 0.6 is 11.6 Å². The minimum absolute atomic E-state index is 0.213. The minimum atomic E-state index is -3.68. The minimum Gasteiger partial charge on any atom is -0.268 e. The Morgan fingerprint density at radius 2 is 2.06 bits per heavy atom. The maximum atomic E-state index is 13.6. The first-order valence-electron chi connectivity index (χ1n) is 5.33. The van der Waals surface area contributed by atoms with E-state index in [-0.39, 0.29) is 10.6 Å². The first-order chi connectivity index (χ1) is 8.31. The van der Waals surface area contributed by atoms with Gasteiger partial charge in [-0.1, -0.05) is 11.6 Å². The molecule has 0 radical (unpaired) electrons. The number of benzene rings is 1. The van der Waals surface area contributed by atoms with Crippen LogP contribution in [0.15, 0.2) is 12.1 Å². The molecule has 1 aliphatic carbocycles. The molecule has 18 heavy (non-hydrogen) atoms. The Bertz CT molecular complexity index is 611. The fourth-order valence-electron chi connectivity index (χ4n) is 1.47. The van der Waals surface area contributed by atoms with Crippen molar-refractivity contribution < 1.29 is 17.6 Å². The SMILES string of the molecule is Cc1cc(F)c(C(=O)NS(=O)(=O)C2CC2)cc1Cl. The second-order valence-electron chi connectivity index (χ2n) is 4.26. The molecule has 0 unspecified atom stereocenters. The molecule has 0 heterocycles. The smallest absolute Gasteiger partial charge is 0.267 e. The van der Waals surface area contributed by atoms with E-state index in [4.69, 9.17) is 11.6 Å². The molecule has 1 aliphatic rings. The molecule has 1 saturated carbocycles. The van der Waals surface area contributed by atoms with Crippen LogP contribution in [0.3, 0.4) is 0 Å². The lowest BCUT2D eigenvalue weighted by molar-refractivity contribution is 0.0977. The summed E-state index contributed by atoms with van der Waals surface area (Å²) in [6.07, 6.45) is 1.06. The van der Waals surface area contributed by atoms with Crippen LogP contribution in [0.1, 0.15) is 28.8 Å². The van der Waals surface area contributed by atoms with Gasteiger partial charge in [0.05, 0.1) is 10.8 Å². The van der Waals surface area contributed by atoms with E-state index in [1.54, 1.807) is 6.92 Å². The second-order valence-corrected chi connectivity index (χ2v) is 6.62. The van der Waals surface area contributed by atoms with Crippen molar-refractivity contribution >= 4 is 27.5 Å². The highest BCUT2D eigenvalue weighted by Gasteiger charge is 2.37. The zero-order valence-corrected chi connectivity index (χ0v) is 11.1. The molecule has 0 saturated heterocycles. The van der Waals surface area contributed by atoms with Gasteiger partial charge in [0.2, 0.25) is 10.0 Å². The Labute approximate surface area is 109 Å². The van der Waals surface area contributed by atoms with Gasteiger partial charge in [-0.25, -0.2) is 17.5 Å². The molecule has 0 aliphatic heterocycles. The third-order valence-electron chi connectivity index (χ3n) is 2.69. The van der Waals surface area contributed by atoms with Crippen LogP contribution in [0, 0.1) is 12.7 Å². The van der Waals surface area contributed by atoms with E-state index >= 15 is 0 Å². The van der Waals surface area contributed by atoms with E-state index in [0.29, 0.717) is 18.4 Å². The van der Waals surface area contributed by atoms with Gasteiger partial charge < -0.3 is 0 Å². The Balaban J connectivity index is 2.26. The van der Waals surface area contributed by atoms with Crippen molar-refractivity contribution in [1.29, 1.82) is 0 Å². The molecule has 1 fully saturated rings. The van der Waals surface area contributed by atoms with Crippen LogP contribution in [0.2, 0.25) is 5.02 Å². The quantitative estimate of drug-likeness (QED) is 0.926. The first kappa shape index (κ1) is 13.3. The summed E-state index contributed by atoms with van der Waals surface area (Å²) in [5.74, 6) is -1.78. The summed E-state index contributed by atoms with van der Waals surface area (Å²) in [4.78, 5) is 11.7. The second kappa shape index (κ2) is 4.51. The van der Waals surface area contributed by atoms with Crippen molar-refractivity contribution in [3.8, 4) is 0 Å². The number of hydrogen-bond acceptors (Lipinski definition) is 3. The number of halogens is 2. The van der Waals surface area contributed by atoms with Gasteiger partial charge in [-0.05, 0) is 37.5 Å². The fraction of sp³-hybridized carbons (Fsp3) is 0.364. The number of rotatable bonds is 3. The maximum absolute atomic E-state index is 13.6. The van der Waals surface area contributed by atoms with Crippen LogP contribution in [0.4, 0.5) is 4.39 Å². The van der Waals surface area contributed by atoms with Crippen molar-refractivity contribution in [2.45, 2.75) is 25.0 Å². The molecule has 4 nitrogen and oxygen atoms in total. The Morgan fingerprint density at radius 1 is 1.44 bits per heavy atom. The Morgan fingerprint density at radius 3 is 2.61 bits per heavy atom. The number of sulfonamides is 1. The lowest BCUT2D eigenvalue weighted by Gasteiger charge is -2.08. The highest BCUT2D eigenvalue weighted by molar-refractivity contribution is 7.91.